The van der Waals surface area contributed by atoms with E-state index in [1.165, 1.54) is 5.69 Å². The van der Waals surface area contributed by atoms with E-state index in [-0.39, 0.29) is 5.91 Å². The minimum Gasteiger partial charge on any atom is -0.369 e. The molecule has 1 fully saturated rings. The van der Waals surface area contributed by atoms with Gasteiger partial charge in [-0.25, -0.2) is 0 Å². The maximum Gasteiger partial charge on any atom is 0.274 e. The molecule has 29 heavy (non-hydrogen) atoms. The van der Waals surface area contributed by atoms with E-state index < -0.39 is 0 Å². The molecular weight excluding hydrogens is 360 g/mol. The first-order valence-electron chi connectivity index (χ1n) is 10.1. The monoisotopic (exact) mass is 386 g/mol. The third-order valence-corrected chi connectivity index (χ3v) is 5.35. The number of nitrogens with one attached hydrogen (secondary N) is 1. The smallest absolute Gasteiger partial charge is 0.274 e. The van der Waals surface area contributed by atoms with Gasteiger partial charge in [-0.15, -0.1) is 0 Å². The third kappa shape index (κ3) is 5.00. The van der Waals surface area contributed by atoms with Gasteiger partial charge in [0.15, 0.2) is 0 Å². The fourth-order valence-electron chi connectivity index (χ4n) is 3.69. The molecule has 4 rings (SSSR count). The van der Waals surface area contributed by atoms with Gasteiger partial charge in [-0.05, 0) is 42.3 Å². The van der Waals surface area contributed by atoms with E-state index in [1.807, 2.05) is 30.3 Å². The summed E-state index contributed by atoms with van der Waals surface area (Å²) < 4.78 is 0. The van der Waals surface area contributed by atoms with Gasteiger partial charge < -0.3 is 10.2 Å². The van der Waals surface area contributed by atoms with Crippen molar-refractivity contribution in [3.8, 4) is 0 Å². The molecule has 0 spiro atoms. The van der Waals surface area contributed by atoms with Crippen LogP contribution in [0, 0.1) is 0 Å². The molecule has 0 saturated carbocycles. The molecule has 0 aliphatic carbocycles. The number of benzene rings is 2. The van der Waals surface area contributed by atoms with Crippen molar-refractivity contribution in [3.05, 3.63) is 90.3 Å². The lowest BCUT2D eigenvalue weighted by Gasteiger charge is -2.36. The molecule has 1 amide bonds. The van der Waals surface area contributed by atoms with Crippen molar-refractivity contribution in [2.24, 2.45) is 0 Å². The Morgan fingerprint density at radius 1 is 0.862 bits per heavy atom. The van der Waals surface area contributed by atoms with Crippen LogP contribution in [0.15, 0.2) is 79.0 Å². The Morgan fingerprint density at radius 3 is 2.34 bits per heavy atom. The van der Waals surface area contributed by atoms with Crippen molar-refractivity contribution in [2.45, 2.75) is 6.42 Å². The van der Waals surface area contributed by atoms with E-state index in [9.17, 15) is 4.79 Å². The maximum absolute atomic E-state index is 12.5. The van der Waals surface area contributed by atoms with Crippen molar-refractivity contribution >= 4 is 17.3 Å². The first-order chi connectivity index (χ1) is 14.3. The van der Waals surface area contributed by atoms with E-state index in [4.69, 9.17) is 0 Å². The molecule has 2 heterocycles. The van der Waals surface area contributed by atoms with E-state index in [2.05, 4.69) is 56.5 Å². The summed E-state index contributed by atoms with van der Waals surface area (Å²) in [5.74, 6) is -0.172. The minimum absolute atomic E-state index is 0.172. The lowest BCUT2D eigenvalue weighted by molar-refractivity contribution is 0.102. The van der Waals surface area contributed by atoms with Crippen LogP contribution in [-0.4, -0.2) is 48.5 Å². The number of hydrogen-bond donors (Lipinski definition) is 1. The highest BCUT2D eigenvalue weighted by atomic mass is 16.1. The van der Waals surface area contributed by atoms with E-state index >= 15 is 0 Å². The molecule has 5 nitrogen and oxygen atoms in total. The van der Waals surface area contributed by atoms with Gasteiger partial charge >= 0.3 is 0 Å². The zero-order chi connectivity index (χ0) is 19.9. The number of hydrogen-bond acceptors (Lipinski definition) is 4. The summed E-state index contributed by atoms with van der Waals surface area (Å²) in [6, 6.07) is 24.0. The second-order valence-electron chi connectivity index (χ2n) is 7.24. The Morgan fingerprint density at radius 2 is 1.59 bits per heavy atom. The number of nitrogens with zero attached hydrogens (tertiary/aromatic N) is 3. The minimum atomic E-state index is -0.172. The lowest BCUT2D eigenvalue weighted by atomic mass is 10.1. The first-order valence-corrected chi connectivity index (χ1v) is 10.1. The van der Waals surface area contributed by atoms with Gasteiger partial charge in [0.25, 0.3) is 5.91 Å². The molecule has 1 saturated heterocycles. The molecular formula is C24H26N4O. The van der Waals surface area contributed by atoms with Crippen LogP contribution in [-0.2, 0) is 6.42 Å². The summed E-state index contributed by atoms with van der Waals surface area (Å²) in [6.07, 6.45) is 2.54. The highest BCUT2D eigenvalue weighted by Gasteiger charge is 2.17. The molecule has 5 heteroatoms. The van der Waals surface area contributed by atoms with E-state index in [0.717, 1.165) is 50.4 Å². The van der Waals surface area contributed by atoms with Crippen LogP contribution in [0.4, 0.5) is 11.4 Å². The molecule has 0 atom stereocenters. The fourth-order valence-corrected chi connectivity index (χ4v) is 3.69. The van der Waals surface area contributed by atoms with Crippen molar-refractivity contribution in [3.63, 3.8) is 0 Å². The first kappa shape index (κ1) is 19.2. The predicted molar refractivity (Wildman–Crippen MR) is 117 cm³/mol. The van der Waals surface area contributed by atoms with Gasteiger partial charge in [0, 0.05) is 50.3 Å². The van der Waals surface area contributed by atoms with E-state index in [1.54, 1.807) is 12.3 Å². The van der Waals surface area contributed by atoms with Crippen LogP contribution in [0.25, 0.3) is 0 Å². The third-order valence-electron chi connectivity index (χ3n) is 5.35. The zero-order valence-corrected chi connectivity index (χ0v) is 16.5. The van der Waals surface area contributed by atoms with Crippen molar-refractivity contribution in [1.82, 2.24) is 9.88 Å². The SMILES string of the molecule is O=C(Nc1ccccc1CCN1CCN(c2ccccc2)CC1)c1ccccn1. The Bertz CT molecular complexity index is 922. The van der Waals surface area contributed by atoms with Crippen LogP contribution in [0.3, 0.4) is 0 Å². The van der Waals surface area contributed by atoms with Gasteiger partial charge in [-0.3, -0.25) is 14.7 Å². The average Bonchev–Trinajstić information content (AvgIpc) is 2.80. The zero-order valence-electron chi connectivity index (χ0n) is 16.5. The Hall–Kier alpha value is -3.18. The topological polar surface area (TPSA) is 48.5 Å². The van der Waals surface area contributed by atoms with Crippen molar-refractivity contribution < 1.29 is 4.79 Å². The van der Waals surface area contributed by atoms with Crippen LogP contribution < -0.4 is 10.2 Å². The molecule has 1 aliphatic rings. The maximum atomic E-state index is 12.5. The number of rotatable bonds is 6. The highest BCUT2D eigenvalue weighted by molar-refractivity contribution is 6.03. The number of para-hydroxylation sites is 2. The second-order valence-corrected chi connectivity index (χ2v) is 7.24. The summed E-state index contributed by atoms with van der Waals surface area (Å²) in [4.78, 5) is 21.5. The molecule has 2 aromatic carbocycles. The number of pyridine rings is 1. The number of carbonyl (C=O) groups excluding carboxylic acids is 1. The summed E-state index contributed by atoms with van der Waals surface area (Å²) in [6.45, 7) is 5.18. The van der Waals surface area contributed by atoms with Crippen LogP contribution in [0.5, 0.6) is 0 Å². The number of amides is 1. The van der Waals surface area contributed by atoms with Crippen LogP contribution in [0.1, 0.15) is 16.1 Å². The molecule has 0 unspecified atom stereocenters. The standard InChI is InChI=1S/C24H26N4O/c29-24(23-12-6-7-14-25-23)26-22-11-5-4-8-20(22)13-15-27-16-18-28(19-17-27)21-9-2-1-3-10-21/h1-12,14H,13,15-19H2,(H,26,29). The molecule has 1 aliphatic heterocycles. The summed E-state index contributed by atoms with van der Waals surface area (Å²) in [7, 11) is 0. The quantitative estimate of drug-likeness (QED) is 0.702. The largest absolute Gasteiger partial charge is 0.369 e. The summed E-state index contributed by atoms with van der Waals surface area (Å²) in [5.41, 5.74) is 3.75. The highest BCUT2D eigenvalue weighted by Crippen LogP contribution is 2.19. The summed E-state index contributed by atoms with van der Waals surface area (Å²) in [5, 5.41) is 3.01. The molecule has 0 radical (unpaired) electrons. The Balaban J connectivity index is 1.32. The second kappa shape index (κ2) is 9.34. The van der Waals surface area contributed by atoms with Crippen molar-refractivity contribution in [1.29, 1.82) is 0 Å². The van der Waals surface area contributed by atoms with Gasteiger partial charge in [-0.1, -0.05) is 42.5 Å². The number of piperazine rings is 1. The van der Waals surface area contributed by atoms with Crippen LogP contribution >= 0.6 is 0 Å². The van der Waals surface area contributed by atoms with Gasteiger partial charge in [0.05, 0.1) is 0 Å². The number of carbonyl (C=O) groups is 1. The average molecular weight is 386 g/mol. The predicted octanol–water partition coefficient (Wildman–Crippen LogP) is 3.70. The van der Waals surface area contributed by atoms with Crippen molar-refractivity contribution in [2.75, 3.05) is 42.9 Å². The fraction of sp³-hybridized carbons (Fsp3) is 0.250. The van der Waals surface area contributed by atoms with Gasteiger partial charge in [-0.2, -0.15) is 0 Å². The molecule has 1 aromatic heterocycles. The summed E-state index contributed by atoms with van der Waals surface area (Å²) >= 11 is 0. The molecule has 3 aromatic rings. The number of anilines is 2. The van der Waals surface area contributed by atoms with E-state index in [0.29, 0.717) is 5.69 Å². The Kier molecular flexibility index (Phi) is 6.17. The van der Waals surface area contributed by atoms with Crippen LogP contribution in [0.2, 0.25) is 0 Å². The normalized spacial score (nSPS) is 14.6. The molecule has 0 bridgehead atoms. The molecule has 148 valence electrons. The lowest BCUT2D eigenvalue weighted by Crippen LogP contribution is -2.47. The van der Waals surface area contributed by atoms with Gasteiger partial charge in [0.1, 0.15) is 5.69 Å². The van der Waals surface area contributed by atoms with Gasteiger partial charge in [0.2, 0.25) is 0 Å². The Labute approximate surface area is 172 Å². The number of aromatic nitrogens is 1. The molecule has 1 N–H and O–H groups in total.